The highest BCUT2D eigenvalue weighted by atomic mass is 35.5. The normalized spacial score (nSPS) is 12.5. The van der Waals surface area contributed by atoms with Crippen molar-refractivity contribution in [1.82, 2.24) is 15.2 Å². The molecule has 0 radical (unpaired) electrons. The first-order valence-corrected chi connectivity index (χ1v) is 5.55. The van der Waals surface area contributed by atoms with Gasteiger partial charge in [0.05, 0.1) is 0 Å². The number of aromatic amines is 1. The number of carbonyl (C=O) groups is 1. The van der Waals surface area contributed by atoms with Crippen LogP contribution in [0.5, 0.6) is 0 Å². The van der Waals surface area contributed by atoms with Gasteiger partial charge in [-0.1, -0.05) is 18.7 Å². The van der Waals surface area contributed by atoms with E-state index in [1.807, 2.05) is 6.92 Å². The van der Waals surface area contributed by atoms with Crippen molar-refractivity contribution in [2.75, 3.05) is 11.1 Å². The van der Waals surface area contributed by atoms with Crippen molar-refractivity contribution in [2.24, 2.45) is 0 Å². The number of alkyl halides is 1. The minimum absolute atomic E-state index is 0.295. The van der Waals surface area contributed by atoms with Gasteiger partial charge in [-0.05, 0) is 12.7 Å². The van der Waals surface area contributed by atoms with Gasteiger partial charge in [0.1, 0.15) is 5.38 Å². The number of nitrogens with zero attached hydrogens (tertiary/aromatic N) is 2. The lowest BCUT2D eigenvalue weighted by molar-refractivity contribution is -0.115. The summed E-state index contributed by atoms with van der Waals surface area (Å²) in [5, 5.41) is 9.03. The summed E-state index contributed by atoms with van der Waals surface area (Å²) in [4.78, 5) is 15.2. The van der Waals surface area contributed by atoms with Crippen LogP contribution in [0.25, 0.3) is 0 Å². The van der Waals surface area contributed by atoms with Gasteiger partial charge < -0.3 is 0 Å². The molecule has 0 aliphatic heterocycles. The second kappa shape index (κ2) is 5.21. The van der Waals surface area contributed by atoms with Crippen LogP contribution in [0.2, 0.25) is 0 Å². The molecule has 1 atom stereocenters. The standard InChI is InChI=1S/C7H11ClN4OS/c1-3-14-7-10-6(11-12-7)9-5(13)4(2)8/h4H,3H2,1-2H3,(H2,9,10,11,12,13). The Hall–Kier alpha value is -0.750. The SMILES string of the molecule is CCSc1n[nH]c(NC(=O)C(C)Cl)n1. The number of amides is 1. The van der Waals surface area contributed by atoms with Crippen LogP contribution in [0.4, 0.5) is 5.95 Å². The zero-order valence-corrected chi connectivity index (χ0v) is 9.45. The van der Waals surface area contributed by atoms with Crippen LogP contribution in [0.15, 0.2) is 5.16 Å². The second-order valence-corrected chi connectivity index (χ2v) is 4.39. The molecule has 0 saturated carbocycles. The summed E-state index contributed by atoms with van der Waals surface area (Å²) < 4.78 is 0. The summed E-state index contributed by atoms with van der Waals surface area (Å²) >= 11 is 7.06. The molecule has 1 amide bonds. The maximum atomic E-state index is 11.1. The summed E-state index contributed by atoms with van der Waals surface area (Å²) in [6.07, 6.45) is 0. The van der Waals surface area contributed by atoms with E-state index < -0.39 is 5.38 Å². The van der Waals surface area contributed by atoms with Crippen molar-refractivity contribution < 1.29 is 4.79 Å². The van der Waals surface area contributed by atoms with E-state index >= 15 is 0 Å². The fraction of sp³-hybridized carbons (Fsp3) is 0.571. The number of aromatic nitrogens is 3. The minimum atomic E-state index is -0.581. The lowest BCUT2D eigenvalue weighted by Gasteiger charge is -2.00. The smallest absolute Gasteiger partial charge is 0.244 e. The van der Waals surface area contributed by atoms with E-state index in [1.54, 1.807) is 6.92 Å². The minimum Gasteiger partial charge on any atom is -0.294 e. The lowest BCUT2D eigenvalue weighted by atomic mass is 10.4. The van der Waals surface area contributed by atoms with Crippen molar-refractivity contribution in [2.45, 2.75) is 24.4 Å². The van der Waals surface area contributed by atoms with Crippen LogP contribution in [0, 0.1) is 0 Å². The zero-order valence-electron chi connectivity index (χ0n) is 7.87. The number of anilines is 1. The fourth-order valence-electron chi connectivity index (χ4n) is 0.712. The van der Waals surface area contributed by atoms with Crippen LogP contribution >= 0.6 is 23.4 Å². The molecule has 2 N–H and O–H groups in total. The molecule has 0 fully saturated rings. The molecule has 0 saturated heterocycles. The number of halogens is 1. The van der Waals surface area contributed by atoms with Crippen molar-refractivity contribution in [1.29, 1.82) is 0 Å². The topological polar surface area (TPSA) is 70.7 Å². The Morgan fingerprint density at radius 1 is 1.79 bits per heavy atom. The maximum absolute atomic E-state index is 11.1. The van der Waals surface area contributed by atoms with Crippen LogP contribution in [0.3, 0.4) is 0 Å². The van der Waals surface area contributed by atoms with E-state index in [0.717, 1.165) is 5.75 Å². The third-order valence-electron chi connectivity index (χ3n) is 1.34. The Morgan fingerprint density at radius 2 is 2.50 bits per heavy atom. The number of rotatable bonds is 4. The second-order valence-electron chi connectivity index (χ2n) is 2.50. The summed E-state index contributed by atoms with van der Waals surface area (Å²) in [6, 6.07) is 0. The average molecular weight is 235 g/mol. The first kappa shape index (κ1) is 11.3. The summed E-state index contributed by atoms with van der Waals surface area (Å²) in [5.41, 5.74) is 0. The Bertz CT molecular complexity index is 314. The number of carbonyl (C=O) groups excluding carboxylic acids is 1. The van der Waals surface area contributed by atoms with E-state index in [-0.39, 0.29) is 5.91 Å². The summed E-state index contributed by atoms with van der Waals surface area (Å²) in [6.45, 7) is 3.59. The fourth-order valence-corrected chi connectivity index (χ4v) is 1.29. The molecule has 1 rings (SSSR count). The van der Waals surface area contributed by atoms with Gasteiger partial charge in [0.25, 0.3) is 0 Å². The number of thioether (sulfide) groups is 1. The van der Waals surface area contributed by atoms with Gasteiger partial charge in [0.2, 0.25) is 17.0 Å². The molecule has 0 aliphatic rings. The molecule has 14 heavy (non-hydrogen) atoms. The van der Waals surface area contributed by atoms with Gasteiger partial charge in [0.15, 0.2) is 0 Å². The van der Waals surface area contributed by atoms with Gasteiger partial charge in [-0.15, -0.1) is 16.7 Å². The molecule has 1 aromatic heterocycles. The van der Waals surface area contributed by atoms with Gasteiger partial charge in [0, 0.05) is 0 Å². The highest BCUT2D eigenvalue weighted by Gasteiger charge is 2.11. The largest absolute Gasteiger partial charge is 0.294 e. The number of hydrogen-bond acceptors (Lipinski definition) is 4. The maximum Gasteiger partial charge on any atom is 0.244 e. The average Bonchev–Trinajstić information content (AvgIpc) is 2.53. The van der Waals surface area contributed by atoms with E-state index in [9.17, 15) is 4.79 Å². The Labute approximate surface area is 91.0 Å². The van der Waals surface area contributed by atoms with E-state index in [4.69, 9.17) is 11.6 Å². The summed E-state index contributed by atoms with van der Waals surface area (Å²) in [7, 11) is 0. The highest BCUT2D eigenvalue weighted by molar-refractivity contribution is 7.99. The molecule has 1 aromatic rings. The van der Waals surface area contributed by atoms with Crippen molar-refractivity contribution >= 4 is 35.2 Å². The molecular formula is C7H11ClN4OS. The Kier molecular flexibility index (Phi) is 4.21. The molecule has 0 aliphatic carbocycles. The molecule has 0 spiro atoms. The molecule has 7 heteroatoms. The van der Waals surface area contributed by atoms with Crippen LogP contribution in [-0.4, -0.2) is 32.2 Å². The monoisotopic (exact) mass is 234 g/mol. The molecular weight excluding hydrogens is 224 g/mol. The number of hydrogen-bond donors (Lipinski definition) is 2. The van der Waals surface area contributed by atoms with Gasteiger partial charge >= 0.3 is 0 Å². The molecule has 0 aromatic carbocycles. The quantitative estimate of drug-likeness (QED) is 0.612. The molecule has 78 valence electrons. The van der Waals surface area contributed by atoms with Gasteiger partial charge in [-0.2, -0.15) is 4.98 Å². The van der Waals surface area contributed by atoms with E-state index in [1.165, 1.54) is 11.8 Å². The molecule has 0 bridgehead atoms. The lowest BCUT2D eigenvalue weighted by Crippen LogP contribution is -2.20. The van der Waals surface area contributed by atoms with Crippen molar-refractivity contribution in [3.63, 3.8) is 0 Å². The number of H-pyrrole nitrogens is 1. The Morgan fingerprint density at radius 3 is 3.07 bits per heavy atom. The van der Waals surface area contributed by atoms with Gasteiger partial charge in [-0.3, -0.25) is 10.1 Å². The molecule has 1 heterocycles. The Balaban J connectivity index is 2.55. The first-order chi connectivity index (χ1) is 6.63. The third-order valence-corrected chi connectivity index (χ3v) is 2.27. The first-order valence-electron chi connectivity index (χ1n) is 4.13. The van der Waals surface area contributed by atoms with Gasteiger partial charge in [-0.25, -0.2) is 5.10 Å². The van der Waals surface area contributed by atoms with E-state index in [0.29, 0.717) is 11.1 Å². The van der Waals surface area contributed by atoms with Crippen LogP contribution < -0.4 is 5.32 Å². The van der Waals surface area contributed by atoms with Crippen LogP contribution in [-0.2, 0) is 4.79 Å². The third kappa shape index (κ3) is 3.19. The zero-order chi connectivity index (χ0) is 10.6. The molecule has 5 nitrogen and oxygen atoms in total. The van der Waals surface area contributed by atoms with Crippen molar-refractivity contribution in [3.8, 4) is 0 Å². The highest BCUT2D eigenvalue weighted by Crippen LogP contribution is 2.13. The van der Waals surface area contributed by atoms with E-state index in [2.05, 4.69) is 20.5 Å². The predicted octanol–water partition coefficient (Wildman–Crippen LogP) is 1.48. The predicted molar refractivity (Wildman–Crippen MR) is 56.7 cm³/mol. The molecule has 1 unspecified atom stereocenters. The summed E-state index contributed by atoms with van der Waals surface area (Å²) in [5.74, 6) is 0.922. The van der Waals surface area contributed by atoms with Crippen LogP contribution in [0.1, 0.15) is 13.8 Å². The number of nitrogens with one attached hydrogen (secondary N) is 2. The van der Waals surface area contributed by atoms with Crippen molar-refractivity contribution in [3.05, 3.63) is 0 Å².